The van der Waals surface area contributed by atoms with Crippen LogP contribution in [0.4, 0.5) is 5.69 Å². The predicted octanol–water partition coefficient (Wildman–Crippen LogP) is 2.80. The lowest BCUT2D eigenvalue weighted by atomic mass is 10.2. The van der Waals surface area contributed by atoms with Crippen LogP contribution in [-0.2, 0) is 16.0 Å². The minimum atomic E-state index is 0.689. The fourth-order valence-corrected chi connectivity index (χ4v) is 2.13. The number of nitrogen functional groups attached to an aromatic ring is 1. The topological polar surface area (TPSA) is 47.7 Å². The summed E-state index contributed by atoms with van der Waals surface area (Å²) in [6, 6.07) is 5.65. The molecule has 0 bridgehead atoms. The highest BCUT2D eigenvalue weighted by Gasteiger charge is 2.09. The maximum Gasteiger partial charge on any atom is 0.0593 e. The molecule has 0 atom stereocenters. The molecule has 1 aromatic rings. The summed E-state index contributed by atoms with van der Waals surface area (Å²) >= 11 is 6.23. The van der Waals surface area contributed by atoms with Crippen LogP contribution >= 0.6 is 11.6 Å². The number of halogens is 1. The van der Waals surface area contributed by atoms with Crippen LogP contribution in [0.5, 0.6) is 0 Å². The van der Waals surface area contributed by atoms with Crippen molar-refractivity contribution in [3.63, 3.8) is 0 Å². The van der Waals surface area contributed by atoms with Gasteiger partial charge in [0.2, 0.25) is 0 Å². The third-order valence-electron chi connectivity index (χ3n) is 2.98. The van der Waals surface area contributed by atoms with Crippen molar-refractivity contribution in [2.45, 2.75) is 20.4 Å². The third-order valence-corrected chi connectivity index (χ3v) is 3.33. The monoisotopic (exact) mass is 300 g/mol. The Hall–Kier alpha value is -0.810. The molecule has 0 fully saturated rings. The van der Waals surface area contributed by atoms with Gasteiger partial charge in [-0.3, -0.25) is 4.90 Å². The number of anilines is 1. The van der Waals surface area contributed by atoms with Gasteiger partial charge in [0.1, 0.15) is 0 Å². The highest BCUT2D eigenvalue weighted by atomic mass is 35.5. The van der Waals surface area contributed by atoms with E-state index in [0.29, 0.717) is 10.7 Å². The van der Waals surface area contributed by atoms with Gasteiger partial charge in [-0.05, 0) is 31.5 Å². The summed E-state index contributed by atoms with van der Waals surface area (Å²) in [6.07, 6.45) is 0. The van der Waals surface area contributed by atoms with Gasteiger partial charge in [-0.2, -0.15) is 0 Å². The van der Waals surface area contributed by atoms with Crippen molar-refractivity contribution in [3.05, 3.63) is 28.8 Å². The molecule has 0 unspecified atom stereocenters. The molecule has 0 aliphatic rings. The van der Waals surface area contributed by atoms with Gasteiger partial charge in [-0.15, -0.1) is 0 Å². The molecular weight excluding hydrogens is 276 g/mol. The maximum absolute atomic E-state index is 6.23. The molecule has 20 heavy (non-hydrogen) atoms. The van der Waals surface area contributed by atoms with Crippen LogP contribution in [0.25, 0.3) is 0 Å². The maximum atomic E-state index is 6.23. The number of hydrogen-bond acceptors (Lipinski definition) is 4. The van der Waals surface area contributed by atoms with Gasteiger partial charge >= 0.3 is 0 Å². The van der Waals surface area contributed by atoms with E-state index >= 15 is 0 Å². The minimum Gasteiger partial charge on any atom is -0.399 e. The number of hydrogen-bond donors (Lipinski definition) is 1. The zero-order chi connectivity index (χ0) is 14.8. The van der Waals surface area contributed by atoms with E-state index in [1.165, 1.54) is 0 Å². The van der Waals surface area contributed by atoms with Crippen LogP contribution in [0.1, 0.15) is 19.4 Å². The van der Waals surface area contributed by atoms with E-state index < -0.39 is 0 Å². The first-order valence-corrected chi connectivity index (χ1v) is 7.46. The molecule has 0 aromatic heterocycles. The minimum absolute atomic E-state index is 0.689. The van der Waals surface area contributed by atoms with Gasteiger partial charge in [0.15, 0.2) is 0 Å². The number of nitrogens with zero attached hydrogens (tertiary/aromatic N) is 1. The van der Waals surface area contributed by atoms with Gasteiger partial charge in [0.05, 0.1) is 13.2 Å². The first kappa shape index (κ1) is 17.2. The Morgan fingerprint density at radius 2 is 1.70 bits per heavy atom. The molecular formula is C15H25ClN2O2. The van der Waals surface area contributed by atoms with Crippen molar-refractivity contribution in [2.75, 3.05) is 45.3 Å². The average Bonchev–Trinajstić information content (AvgIpc) is 2.42. The summed E-state index contributed by atoms with van der Waals surface area (Å²) in [5.41, 5.74) is 7.48. The van der Waals surface area contributed by atoms with Crippen molar-refractivity contribution in [1.82, 2.24) is 4.90 Å². The van der Waals surface area contributed by atoms with E-state index in [-0.39, 0.29) is 0 Å². The molecule has 4 nitrogen and oxygen atoms in total. The molecule has 1 rings (SSSR count). The van der Waals surface area contributed by atoms with Gasteiger partial charge in [0, 0.05) is 43.6 Å². The van der Waals surface area contributed by atoms with Crippen LogP contribution in [0.2, 0.25) is 5.02 Å². The zero-order valence-corrected chi connectivity index (χ0v) is 13.2. The second-order valence-corrected chi connectivity index (χ2v) is 4.93. The average molecular weight is 301 g/mol. The largest absolute Gasteiger partial charge is 0.399 e. The summed E-state index contributed by atoms with van der Waals surface area (Å²) in [4.78, 5) is 2.28. The molecule has 0 aliphatic heterocycles. The smallest absolute Gasteiger partial charge is 0.0593 e. The molecule has 2 N–H and O–H groups in total. The number of rotatable bonds is 10. The van der Waals surface area contributed by atoms with E-state index in [0.717, 1.165) is 51.6 Å². The second kappa shape index (κ2) is 10.00. The molecule has 0 radical (unpaired) electrons. The zero-order valence-electron chi connectivity index (χ0n) is 12.4. The molecule has 0 amide bonds. The SMILES string of the molecule is CCOCCN(CCOCC)Cc1ccc(N)cc1Cl. The standard InChI is InChI=1S/C15H25ClN2O2/c1-3-19-9-7-18(8-10-20-4-2)12-13-5-6-14(17)11-15(13)16/h5-6,11H,3-4,7-10,12,17H2,1-2H3. The molecule has 0 saturated carbocycles. The quantitative estimate of drug-likeness (QED) is 0.533. The van der Waals surface area contributed by atoms with E-state index in [1.54, 1.807) is 6.07 Å². The lowest BCUT2D eigenvalue weighted by Crippen LogP contribution is -2.30. The van der Waals surface area contributed by atoms with Crippen LogP contribution in [-0.4, -0.2) is 44.4 Å². The Morgan fingerprint density at radius 1 is 1.10 bits per heavy atom. The Balaban J connectivity index is 2.56. The molecule has 5 heteroatoms. The Labute approximate surface area is 126 Å². The lowest BCUT2D eigenvalue weighted by Gasteiger charge is -2.22. The summed E-state index contributed by atoms with van der Waals surface area (Å²) < 4.78 is 10.8. The normalized spacial score (nSPS) is 11.2. The van der Waals surface area contributed by atoms with Crippen LogP contribution in [0.3, 0.4) is 0 Å². The third kappa shape index (κ3) is 6.57. The first-order valence-electron chi connectivity index (χ1n) is 7.09. The van der Waals surface area contributed by atoms with Crippen LogP contribution in [0, 0.1) is 0 Å². The van der Waals surface area contributed by atoms with Crippen LogP contribution in [0.15, 0.2) is 18.2 Å². The summed E-state index contributed by atoms with van der Waals surface area (Å²) in [5, 5.41) is 0.711. The van der Waals surface area contributed by atoms with Crippen molar-refractivity contribution < 1.29 is 9.47 Å². The van der Waals surface area contributed by atoms with E-state index in [4.69, 9.17) is 26.8 Å². The molecule has 0 heterocycles. The molecule has 0 saturated heterocycles. The van der Waals surface area contributed by atoms with Crippen molar-refractivity contribution >= 4 is 17.3 Å². The molecule has 114 valence electrons. The van der Waals surface area contributed by atoms with Gasteiger partial charge in [-0.25, -0.2) is 0 Å². The molecule has 1 aromatic carbocycles. The second-order valence-electron chi connectivity index (χ2n) is 4.52. The Morgan fingerprint density at radius 3 is 2.20 bits per heavy atom. The first-order chi connectivity index (χ1) is 9.67. The number of nitrogens with two attached hydrogens (primary N) is 1. The van der Waals surface area contributed by atoms with Gasteiger partial charge < -0.3 is 15.2 Å². The van der Waals surface area contributed by atoms with Crippen LogP contribution < -0.4 is 5.73 Å². The number of benzene rings is 1. The van der Waals surface area contributed by atoms with Gasteiger partial charge in [-0.1, -0.05) is 17.7 Å². The Bertz CT molecular complexity index is 378. The van der Waals surface area contributed by atoms with E-state index in [2.05, 4.69) is 4.90 Å². The summed E-state index contributed by atoms with van der Waals surface area (Å²) in [5.74, 6) is 0. The molecule has 0 aliphatic carbocycles. The highest BCUT2D eigenvalue weighted by Crippen LogP contribution is 2.20. The summed E-state index contributed by atoms with van der Waals surface area (Å²) in [6.45, 7) is 9.42. The van der Waals surface area contributed by atoms with Crippen molar-refractivity contribution in [2.24, 2.45) is 0 Å². The fourth-order valence-electron chi connectivity index (χ4n) is 1.88. The predicted molar refractivity (Wildman–Crippen MR) is 84.1 cm³/mol. The fraction of sp³-hybridized carbons (Fsp3) is 0.600. The Kier molecular flexibility index (Phi) is 8.62. The van der Waals surface area contributed by atoms with Crippen molar-refractivity contribution in [3.8, 4) is 0 Å². The highest BCUT2D eigenvalue weighted by molar-refractivity contribution is 6.31. The van der Waals surface area contributed by atoms with E-state index in [9.17, 15) is 0 Å². The van der Waals surface area contributed by atoms with Gasteiger partial charge in [0.25, 0.3) is 0 Å². The lowest BCUT2D eigenvalue weighted by molar-refractivity contribution is 0.0798. The number of ether oxygens (including phenoxy) is 2. The summed E-state index contributed by atoms with van der Waals surface area (Å²) in [7, 11) is 0. The van der Waals surface area contributed by atoms with E-state index in [1.807, 2.05) is 26.0 Å². The van der Waals surface area contributed by atoms with Crippen molar-refractivity contribution in [1.29, 1.82) is 0 Å². The molecule has 0 spiro atoms.